The maximum atomic E-state index is 12.9. The molecule has 2 fully saturated rings. The van der Waals surface area contributed by atoms with Crippen molar-refractivity contribution in [2.75, 3.05) is 19.7 Å². The lowest BCUT2D eigenvalue weighted by Crippen LogP contribution is -2.29. The number of hydrogen-bond acceptors (Lipinski definition) is 4. The minimum absolute atomic E-state index is 0.221. The summed E-state index contributed by atoms with van der Waals surface area (Å²) < 4.78 is 12.0. The second-order valence-corrected chi connectivity index (χ2v) is 9.47. The Morgan fingerprint density at radius 3 is 2.90 bits per heavy atom. The highest BCUT2D eigenvalue weighted by molar-refractivity contribution is 5.91. The van der Waals surface area contributed by atoms with Gasteiger partial charge < -0.3 is 9.47 Å². The van der Waals surface area contributed by atoms with Gasteiger partial charge in [0.25, 0.3) is 0 Å². The van der Waals surface area contributed by atoms with Gasteiger partial charge in [-0.2, -0.15) is 0 Å². The smallest absolute Gasteiger partial charge is 0.338 e. The molecule has 1 unspecified atom stereocenters. The molecule has 29 heavy (non-hydrogen) atoms. The van der Waals surface area contributed by atoms with E-state index in [1.807, 2.05) is 32.1 Å². The second kappa shape index (κ2) is 7.98. The number of hydrogen-bond donors (Lipinski definition) is 0. The molecule has 2 atom stereocenters. The van der Waals surface area contributed by atoms with Gasteiger partial charge in [0.15, 0.2) is 0 Å². The Labute approximate surface area is 174 Å². The predicted octanol–water partition coefficient (Wildman–Crippen LogP) is 5.02. The highest BCUT2D eigenvalue weighted by Crippen LogP contribution is 2.36. The van der Waals surface area contributed by atoms with Gasteiger partial charge in [-0.05, 0) is 90.2 Å². The number of rotatable bonds is 5. The van der Waals surface area contributed by atoms with E-state index in [1.54, 1.807) is 0 Å². The van der Waals surface area contributed by atoms with E-state index in [2.05, 4.69) is 30.9 Å². The fourth-order valence-corrected chi connectivity index (χ4v) is 4.78. The Morgan fingerprint density at radius 2 is 2.10 bits per heavy atom. The molecule has 3 heterocycles. The van der Waals surface area contributed by atoms with Crippen molar-refractivity contribution in [2.24, 2.45) is 5.92 Å². The zero-order chi connectivity index (χ0) is 20.6. The van der Waals surface area contributed by atoms with Crippen molar-refractivity contribution < 1.29 is 14.3 Å². The Balaban J connectivity index is 1.52. The van der Waals surface area contributed by atoms with E-state index in [1.165, 1.54) is 25.0 Å². The molecule has 0 bridgehead atoms. The largest absolute Gasteiger partial charge is 0.483 e. The van der Waals surface area contributed by atoms with E-state index in [-0.39, 0.29) is 11.6 Å². The number of esters is 1. The van der Waals surface area contributed by atoms with Crippen LogP contribution in [0.25, 0.3) is 6.08 Å². The summed E-state index contributed by atoms with van der Waals surface area (Å²) in [4.78, 5) is 15.4. The normalized spacial score (nSPS) is 24.6. The van der Waals surface area contributed by atoms with Crippen molar-refractivity contribution in [3.63, 3.8) is 0 Å². The predicted molar refractivity (Wildman–Crippen MR) is 116 cm³/mol. The van der Waals surface area contributed by atoms with Gasteiger partial charge in [0.2, 0.25) is 0 Å². The number of carbonyl (C=O) groups is 1. The lowest BCUT2D eigenvalue weighted by molar-refractivity contribution is 0.0418. The molecule has 0 N–H and O–H groups in total. The van der Waals surface area contributed by atoms with Gasteiger partial charge in [-0.3, -0.25) is 4.90 Å². The van der Waals surface area contributed by atoms with Crippen LogP contribution < -0.4 is 4.74 Å². The van der Waals surface area contributed by atoms with E-state index in [0.717, 1.165) is 36.3 Å². The molecule has 4 rings (SSSR count). The fraction of sp³-hybridized carbons (Fsp3) is 0.560. The number of fused-ring (bicyclic) bond motifs is 2. The van der Waals surface area contributed by atoms with Crippen LogP contribution in [0.1, 0.15) is 68.4 Å². The van der Waals surface area contributed by atoms with E-state index >= 15 is 0 Å². The van der Waals surface area contributed by atoms with Crippen LogP contribution >= 0.6 is 0 Å². The first kappa shape index (κ1) is 20.2. The molecule has 3 aliphatic rings. The molecule has 1 aromatic rings. The zero-order valence-corrected chi connectivity index (χ0v) is 18.2. The maximum absolute atomic E-state index is 12.9. The Morgan fingerprint density at radius 1 is 1.28 bits per heavy atom. The summed E-state index contributed by atoms with van der Waals surface area (Å²) in [6.45, 7) is 11.2. The van der Waals surface area contributed by atoms with Gasteiger partial charge in [0.05, 0.1) is 12.2 Å². The minimum Gasteiger partial charge on any atom is -0.483 e. The number of benzene rings is 1. The van der Waals surface area contributed by atoms with E-state index < -0.39 is 0 Å². The van der Waals surface area contributed by atoms with Gasteiger partial charge in [-0.15, -0.1) is 0 Å². The van der Waals surface area contributed by atoms with Gasteiger partial charge >= 0.3 is 5.97 Å². The molecule has 156 valence electrons. The molecule has 4 nitrogen and oxygen atoms in total. The number of carbonyl (C=O) groups excluding carboxylic acids is 1. The van der Waals surface area contributed by atoms with Crippen LogP contribution in [0.15, 0.2) is 29.9 Å². The summed E-state index contributed by atoms with van der Waals surface area (Å²) in [5.41, 5.74) is 3.52. The molecule has 1 aromatic carbocycles. The molecule has 3 aliphatic heterocycles. The van der Waals surface area contributed by atoms with E-state index in [9.17, 15) is 4.79 Å². The lowest BCUT2D eigenvalue weighted by Gasteiger charge is -2.30. The van der Waals surface area contributed by atoms with Gasteiger partial charge in [-0.1, -0.05) is 17.7 Å². The minimum atomic E-state index is -0.343. The Kier molecular flexibility index (Phi) is 5.56. The number of nitrogens with zero attached hydrogens (tertiary/aromatic N) is 1. The van der Waals surface area contributed by atoms with E-state index in [4.69, 9.17) is 9.47 Å². The molecule has 0 amide bonds. The monoisotopic (exact) mass is 395 g/mol. The molecule has 0 aromatic heterocycles. The summed E-state index contributed by atoms with van der Waals surface area (Å²) >= 11 is 0. The van der Waals surface area contributed by atoms with Crippen LogP contribution in [0.4, 0.5) is 0 Å². The third kappa shape index (κ3) is 4.42. The SMILES string of the molecule is CC(C)=CCc1cc(C(=O)OC[C@H]2CCN3CCCC23)cc2c1OC(C)(C)C=C2. The van der Waals surface area contributed by atoms with Gasteiger partial charge in [-0.25, -0.2) is 4.79 Å². The lowest BCUT2D eigenvalue weighted by atomic mass is 9.95. The summed E-state index contributed by atoms with van der Waals surface area (Å²) in [6, 6.07) is 4.47. The topological polar surface area (TPSA) is 38.8 Å². The van der Waals surface area contributed by atoms with Crippen molar-refractivity contribution in [1.29, 1.82) is 0 Å². The van der Waals surface area contributed by atoms with Crippen LogP contribution in [0, 0.1) is 5.92 Å². The van der Waals surface area contributed by atoms with Crippen LogP contribution in [0.3, 0.4) is 0 Å². The highest BCUT2D eigenvalue weighted by Gasteiger charge is 2.37. The zero-order valence-electron chi connectivity index (χ0n) is 18.2. The maximum Gasteiger partial charge on any atom is 0.338 e. The van der Waals surface area contributed by atoms with Crippen LogP contribution in [0.5, 0.6) is 5.75 Å². The highest BCUT2D eigenvalue weighted by atomic mass is 16.5. The molecular formula is C25H33NO3. The summed E-state index contributed by atoms with van der Waals surface area (Å²) in [5, 5.41) is 0. The first-order chi connectivity index (χ1) is 13.8. The van der Waals surface area contributed by atoms with Crippen molar-refractivity contribution in [3.05, 3.63) is 46.5 Å². The van der Waals surface area contributed by atoms with Crippen molar-refractivity contribution in [1.82, 2.24) is 4.90 Å². The Hall–Kier alpha value is -2.07. The number of ether oxygens (including phenoxy) is 2. The molecule has 0 radical (unpaired) electrons. The number of allylic oxidation sites excluding steroid dienone is 2. The Bertz CT molecular complexity index is 848. The molecule has 0 spiro atoms. The van der Waals surface area contributed by atoms with Crippen LogP contribution in [0.2, 0.25) is 0 Å². The second-order valence-electron chi connectivity index (χ2n) is 9.47. The van der Waals surface area contributed by atoms with Crippen LogP contribution in [-0.4, -0.2) is 42.2 Å². The summed E-state index contributed by atoms with van der Waals surface area (Å²) in [6.07, 6.45) is 10.7. The molecule has 4 heteroatoms. The first-order valence-electron chi connectivity index (χ1n) is 10.9. The van der Waals surface area contributed by atoms with Crippen molar-refractivity contribution in [3.8, 4) is 5.75 Å². The standard InChI is InChI=1S/C25H33NO3/c1-17(2)7-8-18-14-21(15-19-9-11-25(3,4)29-23(18)19)24(27)28-16-20-10-13-26-12-5-6-22(20)26/h7,9,11,14-15,20,22H,5-6,8,10,12-13,16H2,1-4H3/t20-,22?/m1/s1. The summed E-state index contributed by atoms with van der Waals surface area (Å²) in [5.74, 6) is 1.14. The summed E-state index contributed by atoms with van der Waals surface area (Å²) in [7, 11) is 0. The van der Waals surface area contributed by atoms with Crippen molar-refractivity contribution in [2.45, 2.75) is 65.0 Å². The molecule has 2 saturated heterocycles. The molecule has 0 aliphatic carbocycles. The average Bonchev–Trinajstić information content (AvgIpc) is 3.27. The van der Waals surface area contributed by atoms with Gasteiger partial charge in [0, 0.05) is 17.5 Å². The first-order valence-corrected chi connectivity index (χ1v) is 10.9. The molecule has 0 saturated carbocycles. The van der Waals surface area contributed by atoms with Gasteiger partial charge in [0.1, 0.15) is 11.4 Å². The average molecular weight is 396 g/mol. The molecular weight excluding hydrogens is 362 g/mol. The third-order valence-corrected chi connectivity index (χ3v) is 6.36. The van der Waals surface area contributed by atoms with E-state index in [0.29, 0.717) is 24.1 Å². The fourth-order valence-electron chi connectivity index (χ4n) is 4.78. The van der Waals surface area contributed by atoms with Crippen molar-refractivity contribution >= 4 is 12.0 Å². The third-order valence-electron chi connectivity index (χ3n) is 6.36. The quantitative estimate of drug-likeness (QED) is 0.518. The van der Waals surface area contributed by atoms with Crippen LogP contribution in [-0.2, 0) is 11.2 Å².